The molecule has 2 heterocycles. The lowest BCUT2D eigenvalue weighted by atomic mass is 9.84. The van der Waals surface area contributed by atoms with Crippen molar-refractivity contribution in [3.8, 4) is 0 Å². The Morgan fingerprint density at radius 3 is 2.62 bits per heavy atom. The van der Waals surface area contributed by atoms with Crippen molar-refractivity contribution in [1.29, 1.82) is 0 Å². The molecule has 0 amide bonds. The summed E-state index contributed by atoms with van der Waals surface area (Å²) in [5.74, 6) is 1.48. The second-order valence-electron chi connectivity index (χ2n) is 4.95. The highest BCUT2D eigenvalue weighted by molar-refractivity contribution is 7.91. The lowest BCUT2D eigenvalue weighted by Gasteiger charge is -2.33. The monoisotopic (exact) mass is 247 g/mol. The normalized spacial score (nSPS) is 36.1. The first-order valence-corrected chi connectivity index (χ1v) is 7.90. The molecule has 2 aliphatic rings. The van der Waals surface area contributed by atoms with Crippen LogP contribution >= 0.6 is 0 Å². The lowest BCUT2D eigenvalue weighted by Crippen LogP contribution is -2.44. The van der Waals surface area contributed by atoms with Crippen molar-refractivity contribution in [2.24, 2.45) is 11.8 Å². The zero-order chi connectivity index (χ0) is 11.6. The number of sulfone groups is 1. The van der Waals surface area contributed by atoms with Gasteiger partial charge in [0.05, 0.1) is 18.1 Å². The Labute approximate surface area is 97.7 Å². The predicted molar refractivity (Wildman–Crippen MR) is 63.2 cm³/mol. The summed E-state index contributed by atoms with van der Waals surface area (Å²) in [6, 6.07) is 0.303. The van der Waals surface area contributed by atoms with Crippen molar-refractivity contribution in [2.75, 3.05) is 31.8 Å². The Bertz CT molecular complexity index is 322. The Balaban J connectivity index is 1.99. The smallest absolute Gasteiger partial charge is 0.150 e. The minimum Gasteiger partial charge on any atom is -0.381 e. The molecule has 0 saturated carbocycles. The molecule has 2 rings (SSSR count). The Hall–Kier alpha value is -0.130. The van der Waals surface area contributed by atoms with E-state index in [1.807, 2.05) is 7.05 Å². The molecule has 3 atom stereocenters. The van der Waals surface area contributed by atoms with E-state index in [9.17, 15) is 8.42 Å². The minimum atomic E-state index is -2.77. The first-order chi connectivity index (χ1) is 7.62. The van der Waals surface area contributed by atoms with Gasteiger partial charge in [-0.2, -0.15) is 0 Å². The van der Waals surface area contributed by atoms with E-state index in [0.29, 0.717) is 23.5 Å². The van der Waals surface area contributed by atoms with Gasteiger partial charge in [-0.1, -0.05) is 0 Å². The van der Waals surface area contributed by atoms with Gasteiger partial charge >= 0.3 is 0 Å². The maximum atomic E-state index is 11.5. The molecule has 0 aromatic rings. The molecule has 0 aliphatic carbocycles. The van der Waals surface area contributed by atoms with Crippen molar-refractivity contribution in [3.05, 3.63) is 0 Å². The van der Waals surface area contributed by atoms with Crippen LogP contribution in [0.3, 0.4) is 0 Å². The largest absolute Gasteiger partial charge is 0.381 e. The second-order valence-corrected chi connectivity index (χ2v) is 7.18. The maximum Gasteiger partial charge on any atom is 0.150 e. The van der Waals surface area contributed by atoms with Gasteiger partial charge in [-0.3, -0.25) is 0 Å². The van der Waals surface area contributed by atoms with Gasteiger partial charge in [-0.25, -0.2) is 8.42 Å². The molecule has 0 radical (unpaired) electrons. The Morgan fingerprint density at radius 1 is 1.31 bits per heavy atom. The van der Waals surface area contributed by atoms with Gasteiger partial charge < -0.3 is 10.1 Å². The summed E-state index contributed by atoms with van der Waals surface area (Å²) in [6.07, 6.45) is 3.06. The van der Waals surface area contributed by atoms with Crippen LogP contribution in [0.15, 0.2) is 0 Å². The second kappa shape index (κ2) is 5.02. The summed E-state index contributed by atoms with van der Waals surface area (Å²) >= 11 is 0. The average Bonchev–Trinajstić information content (AvgIpc) is 2.62. The van der Waals surface area contributed by atoms with Crippen LogP contribution in [0, 0.1) is 11.8 Å². The minimum absolute atomic E-state index is 0.279. The van der Waals surface area contributed by atoms with Crippen molar-refractivity contribution in [1.82, 2.24) is 5.32 Å². The molecule has 16 heavy (non-hydrogen) atoms. The Morgan fingerprint density at radius 2 is 2.12 bits per heavy atom. The SMILES string of the molecule is CNC(C1CCCOC1)C1CCS(=O)(=O)C1. The van der Waals surface area contributed by atoms with E-state index >= 15 is 0 Å². The zero-order valence-corrected chi connectivity index (χ0v) is 10.6. The van der Waals surface area contributed by atoms with E-state index in [-0.39, 0.29) is 5.92 Å². The van der Waals surface area contributed by atoms with Crippen LogP contribution in [0.25, 0.3) is 0 Å². The molecule has 94 valence electrons. The third-order valence-corrected chi connectivity index (χ3v) is 5.61. The highest BCUT2D eigenvalue weighted by atomic mass is 32.2. The van der Waals surface area contributed by atoms with Gasteiger partial charge in [0, 0.05) is 12.6 Å². The highest BCUT2D eigenvalue weighted by Crippen LogP contribution is 2.29. The summed E-state index contributed by atoms with van der Waals surface area (Å²) in [5.41, 5.74) is 0. The van der Waals surface area contributed by atoms with E-state index in [1.165, 1.54) is 0 Å². The molecule has 4 nitrogen and oxygen atoms in total. The average molecular weight is 247 g/mol. The highest BCUT2D eigenvalue weighted by Gasteiger charge is 2.37. The third-order valence-electron chi connectivity index (χ3n) is 3.81. The van der Waals surface area contributed by atoms with E-state index in [2.05, 4.69) is 5.32 Å². The fourth-order valence-electron chi connectivity index (χ4n) is 3.01. The van der Waals surface area contributed by atoms with Gasteiger partial charge in [0.15, 0.2) is 9.84 Å². The van der Waals surface area contributed by atoms with E-state index in [1.54, 1.807) is 0 Å². The fourth-order valence-corrected chi connectivity index (χ4v) is 4.87. The van der Waals surface area contributed by atoms with Crippen LogP contribution in [0.4, 0.5) is 0 Å². The van der Waals surface area contributed by atoms with Crippen LogP contribution in [0.2, 0.25) is 0 Å². The third kappa shape index (κ3) is 2.76. The van der Waals surface area contributed by atoms with Gasteiger partial charge in [-0.05, 0) is 38.1 Å². The lowest BCUT2D eigenvalue weighted by molar-refractivity contribution is 0.0321. The molecule has 0 aromatic carbocycles. The van der Waals surface area contributed by atoms with E-state index < -0.39 is 9.84 Å². The number of nitrogens with one attached hydrogen (secondary N) is 1. The standard InChI is InChI=1S/C11H21NO3S/c1-12-11(9-3-2-5-15-7-9)10-4-6-16(13,14)8-10/h9-12H,2-8H2,1H3. The molecular formula is C11H21NO3S. The van der Waals surface area contributed by atoms with Crippen molar-refractivity contribution in [3.63, 3.8) is 0 Å². The number of rotatable bonds is 3. The molecule has 1 N–H and O–H groups in total. The van der Waals surface area contributed by atoms with Crippen LogP contribution in [-0.2, 0) is 14.6 Å². The molecule has 5 heteroatoms. The van der Waals surface area contributed by atoms with Gasteiger partial charge in [0.25, 0.3) is 0 Å². The molecule has 2 fully saturated rings. The summed E-state index contributed by atoms with van der Waals surface area (Å²) in [5, 5.41) is 3.31. The quantitative estimate of drug-likeness (QED) is 0.786. The molecular weight excluding hydrogens is 226 g/mol. The summed E-state index contributed by atoms with van der Waals surface area (Å²) in [7, 11) is -0.835. The van der Waals surface area contributed by atoms with Crippen molar-refractivity contribution in [2.45, 2.75) is 25.3 Å². The van der Waals surface area contributed by atoms with Crippen molar-refractivity contribution >= 4 is 9.84 Å². The zero-order valence-electron chi connectivity index (χ0n) is 9.81. The van der Waals surface area contributed by atoms with E-state index in [0.717, 1.165) is 32.5 Å². The van der Waals surface area contributed by atoms with Gasteiger partial charge in [0.1, 0.15) is 0 Å². The molecule has 0 bridgehead atoms. The number of hydrogen-bond acceptors (Lipinski definition) is 4. The van der Waals surface area contributed by atoms with Crippen LogP contribution in [-0.4, -0.2) is 46.2 Å². The predicted octanol–water partition coefficient (Wildman–Crippen LogP) is 0.436. The van der Waals surface area contributed by atoms with E-state index in [4.69, 9.17) is 4.74 Å². The summed E-state index contributed by atoms with van der Waals surface area (Å²) in [4.78, 5) is 0. The summed E-state index contributed by atoms with van der Waals surface area (Å²) < 4.78 is 28.5. The first kappa shape index (κ1) is 12.3. The molecule has 0 aromatic heterocycles. The van der Waals surface area contributed by atoms with Gasteiger partial charge in [-0.15, -0.1) is 0 Å². The summed E-state index contributed by atoms with van der Waals surface area (Å²) in [6.45, 7) is 1.64. The van der Waals surface area contributed by atoms with Crippen LogP contribution in [0.5, 0.6) is 0 Å². The van der Waals surface area contributed by atoms with Crippen LogP contribution in [0.1, 0.15) is 19.3 Å². The molecule has 0 spiro atoms. The topological polar surface area (TPSA) is 55.4 Å². The number of ether oxygens (including phenoxy) is 1. The van der Waals surface area contributed by atoms with Gasteiger partial charge in [0.2, 0.25) is 0 Å². The van der Waals surface area contributed by atoms with Crippen LogP contribution < -0.4 is 5.32 Å². The maximum absolute atomic E-state index is 11.5. The fraction of sp³-hybridized carbons (Fsp3) is 1.00. The first-order valence-electron chi connectivity index (χ1n) is 6.08. The molecule has 2 saturated heterocycles. The number of hydrogen-bond donors (Lipinski definition) is 1. The molecule has 2 aliphatic heterocycles. The van der Waals surface area contributed by atoms with Crippen molar-refractivity contribution < 1.29 is 13.2 Å². The Kier molecular flexibility index (Phi) is 3.87. The molecule has 3 unspecified atom stereocenters.